The molecule has 0 aliphatic heterocycles. The molecule has 0 aliphatic rings. The van der Waals surface area contributed by atoms with Crippen molar-refractivity contribution in [2.75, 3.05) is 14.2 Å². The molecule has 0 saturated carbocycles. The molecular formula is C12H12NO2SY-. The van der Waals surface area contributed by atoms with E-state index in [1.54, 1.807) is 7.05 Å². The minimum Gasteiger partial charge on any atom is -0.325 e. The van der Waals surface area contributed by atoms with Gasteiger partial charge in [0.25, 0.3) is 0 Å². The summed E-state index contributed by atoms with van der Waals surface area (Å²) in [4.78, 5) is 16.8. The molecule has 1 heterocycles. The number of nitrogens with zero attached hydrogens (tertiary/aromatic N) is 1. The van der Waals surface area contributed by atoms with Gasteiger partial charge in [-0.05, 0) is 6.92 Å². The monoisotopic (exact) mass is 323 g/mol. The first-order valence-corrected chi connectivity index (χ1v) is 5.68. The van der Waals surface area contributed by atoms with E-state index in [0.717, 1.165) is 10.1 Å². The molecule has 0 bridgehead atoms. The zero-order valence-corrected chi connectivity index (χ0v) is 13.6. The molecule has 0 spiro atoms. The minimum absolute atomic E-state index is 0. The van der Waals surface area contributed by atoms with Crippen LogP contribution in [0.5, 0.6) is 0 Å². The molecule has 1 aromatic carbocycles. The third kappa shape index (κ3) is 2.94. The number of carbonyl (C=O) groups excluding carboxylic acids is 1. The predicted octanol–water partition coefficient (Wildman–Crippen LogP) is 2.64. The van der Waals surface area contributed by atoms with Crippen LogP contribution in [0.15, 0.2) is 18.2 Å². The molecule has 0 aliphatic carbocycles. The van der Waals surface area contributed by atoms with Gasteiger partial charge in [-0.15, -0.1) is 11.5 Å². The van der Waals surface area contributed by atoms with Crippen molar-refractivity contribution in [3.05, 3.63) is 34.7 Å². The van der Waals surface area contributed by atoms with Gasteiger partial charge in [-0.3, -0.25) is 21.2 Å². The van der Waals surface area contributed by atoms with Crippen LogP contribution in [0, 0.1) is 12.3 Å². The number of fused-ring (bicyclic) bond motifs is 1. The normalized spacial score (nSPS) is 10.1. The van der Waals surface area contributed by atoms with Crippen molar-refractivity contribution in [1.82, 2.24) is 5.06 Å². The maximum absolute atomic E-state index is 11.9. The topological polar surface area (TPSA) is 29.5 Å². The van der Waals surface area contributed by atoms with Crippen LogP contribution in [0.1, 0.15) is 15.9 Å². The van der Waals surface area contributed by atoms with Gasteiger partial charge in [0.05, 0.1) is 7.11 Å². The first kappa shape index (κ1) is 14.8. The Kier molecular flexibility index (Phi) is 5.26. The summed E-state index contributed by atoms with van der Waals surface area (Å²) >= 11 is 1.46. The van der Waals surface area contributed by atoms with Gasteiger partial charge >= 0.3 is 0 Å². The van der Waals surface area contributed by atoms with Crippen LogP contribution in [0.2, 0.25) is 0 Å². The Labute approximate surface area is 130 Å². The second kappa shape index (κ2) is 6.05. The quantitative estimate of drug-likeness (QED) is 0.628. The van der Waals surface area contributed by atoms with Crippen molar-refractivity contribution in [1.29, 1.82) is 0 Å². The summed E-state index contributed by atoms with van der Waals surface area (Å²) in [5, 5.41) is 5.17. The first-order valence-electron chi connectivity index (χ1n) is 4.86. The smallest absolute Gasteiger partial charge is 0.191 e. The number of amides is 1. The summed E-state index contributed by atoms with van der Waals surface area (Å²) in [6, 6.07) is 6.00. The van der Waals surface area contributed by atoms with Gasteiger partial charge in [0.1, 0.15) is 0 Å². The van der Waals surface area contributed by atoms with Gasteiger partial charge in [0.2, 0.25) is 0 Å². The van der Waals surface area contributed by atoms with E-state index in [0.29, 0.717) is 5.56 Å². The Balaban J connectivity index is 0.00000144. The maximum atomic E-state index is 11.9. The molecule has 1 amide bonds. The minimum atomic E-state index is -0.169. The number of benzene rings is 1. The van der Waals surface area contributed by atoms with Gasteiger partial charge in [-0.1, -0.05) is 33.3 Å². The van der Waals surface area contributed by atoms with Crippen molar-refractivity contribution in [3.8, 4) is 0 Å². The summed E-state index contributed by atoms with van der Waals surface area (Å²) in [5.74, 6) is -0.169. The van der Waals surface area contributed by atoms with E-state index in [4.69, 9.17) is 4.84 Å². The van der Waals surface area contributed by atoms with Crippen molar-refractivity contribution >= 4 is 27.3 Å². The van der Waals surface area contributed by atoms with Gasteiger partial charge in [0, 0.05) is 39.8 Å². The standard InChI is InChI=1S/C12H12NO2S.Y/c1-8-4-5-9-10(7-16-11(9)6-8)12(14)13(2)15-3;/h4-6H,1-3H3;/q-1;. The number of thiophene rings is 1. The van der Waals surface area contributed by atoms with Crippen molar-refractivity contribution < 1.29 is 42.3 Å². The Morgan fingerprint density at radius 1 is 1.47 bits per heavy atom. The fraction of sp³-hybridized carbons (Fsp3) is 0.250. The van der Waals surface area contributed by atoms with E-state index in [9.17, 15) is 4.79 Å². The number of carbonyl (C=O) groups is 1. The fourth-order valence-corrected chi connectivity index (χ4v) is 2.41. The third-order valence-electron chi connectivity index (χ3n) is 2.44. The Morgan fingerprint density at radius 2 is 2.18 bits per heavy atom. The van der Waals surface area contributed by atoms with Crippen molar-refractivity contribution in [2.45, 2.75) is 6.92 Å². The van der Waals surface area contributed by atoms with Crippen LogP contribution >= 0.6 is 11.3 Å². The number of hydroxylamine groups is 2. The van der Waals surface area contributed by atoms with Gasteiger partial charge in [0.15, 0.2) is 5.91 Å². The number of hydrogen-bond donors (Lipinski definition) is 0. The van der Waals surface area contributed by atoms with Gasteiger partial charge in [-0.25, -0.2) is 0 Å². The number of rotatable bonds is 2. The Bertz CT molecular complexity index is 538. The SMILES string of the molecule is CON(C)C(=O)c1[c-]sc2cc(C)ccc12.[Y]. The molecule has 3 nitrogen and oxygen atoms in total. The Hall–Kier alpha value is -0.286. The van der Waals surface area contributed by atoms with Gasteiger partial charge < -0.3 is 4.79 Å². The largest absolute Gasteiger partial charge is 0.325 e. The summed E-state index contributed by atoms with van der Waals surface area (Å²) in [6.45, 7) is 2.03. The molecule has 0 unspecified atom stereocenters. The molecule has 1 aromatic heterocycles. The molecular weight excluding hydrogens is 311 g/mol. The molecule has 5 heteroatoms. The molecule has 17 heavy (non-hydrogen) atoms. The summed E-state index contributed by atoms with van der Waals surface area (Å²) < 4.78 is 1.08. The van der Waals surface area contributed by atoms with E-state index in [1.807, 2.05) is 19.1 Å². The zero-order chi connectivity index (χ0) is 11.7. The Morgan fingerprint density at radius 3 is 2.82 bits per heavy atom. The average Bonchev–Trinajstić information content (AvgIpc) is 2.69. The summed E-state index contributed by atoms with van der Waals surface area (Å²) in [6.07, 6.45) is 0. The van der Waals surface area contributed by atoms with E-state index in [-0.39, 0.29) is 38.6 Å². The van der Waals surface area contributed by atoms with Crippen molar-refractivity contribution in [2.24, 2.45) is 0 Å². The molecule has 0 N–H and O–H groups in total. The van der Waals surface area contributed by atoms with E-state index >= 15 is 0 Å². The van der Waals surface area contributed by atoms with Crippen LogP contribution < -0.4 is 0 Å². The second-order valence-electron chi connectivity index (χ2n) is 3.56. The van der Waals surface area contributed by atoms with E-state index in [2.05, 4.69) is 11.4 Å². The molecule has 87 valence electrons. The predicted molar refractivity (Wildman–Crippen MR) is 64.5 cm³/mol. The maximum Gasteiger partial charge on any atom is 0.191 e. The van der Waals surface area contributed by atoms with E-state index < -0.39 is 0 Å². The average molecular weight is 323 g/mol. The first-order chi connectivity index (χ1) is 7.63. The molecule has 0 saturated heterocycles. The third-order valence-corrected chi connectivity index (χ3v) is 3.31. The number of hydrogen-bond acceptors (Lipinski definition) is 3. The van der Waals surface area contributed by atoms with E-state index in [1.165, 1.54) is 29.1 Å². The fourth-order valence-electron chi connectivity index (χ4n) is 1.48. The molecule has 0 fully saturated rings. The summed E-state index contributed by atoms with van der Waals surface area (Å²) in [5.41, 5.74) is 1.76. The van der Waals surface area contributed by atoms with Crippen LogP contribution in [0.3, 0.4) is 0 Å². The van der Waals surface area contributed by atoms with Gasteiger partial charge in [-0.2, -0.15) is 0 Å². The molecule has 2 rings (SSSR count). The molecule has 0 atom stereocenters. The number of aryl methyl sites for hydroxylation is 1. The van der Waals surface area contributed by atoms with Crippen LogP contribution in [-0.2, 0) is 37.5 Å². The van der Waals surface area contributed by atoms with Crippen LogP contribution in [0.4, 0.5) is 0 Å². The zero-order valence-electron chi connectivity index (χ0n) is 9.98. The second-order valence-corrected chi connectivity index (χ2v) is 4.41. The molecule has 1 radical (unpaired) electrons. The van der Waals surface area contributed by atoms with Crippen molar-refractivity contribution in [3.63, 3.8) is 0 Å². The van der Waals surface area contributed by atoms with Crippen LogP contribution in [-0.4, -0.2) is 25.1 Å². The summed E-state index contributed by atoms with van der Waals surface area (Å²) in [7, 11) is 3.06. The van der Waals surface area contributed by atoms with Crippen LogP contribution in [0.25, 0.3) is 10.1 Å². The molecule has 2 aromatic rings.